The summed E-state index contributed by atoms with van der Waals surface area (Å²) in [4.78, 5) is 26.3. The summed E-state index contributed by atoms with van der Waals surface area (Å²) < 4.78 is 45.8. The fraction of sp³-hybridized carbons (Fsp3) is 0.357. The predicted molar refractivity (Wildman–Crippen MR) is 138 cm³/mol. The van der Waals surface area contributed by atoms with Gasteiger partial charge in [-0.3, -0.25) is 4.79 Å². The zero-order valence-corrected chi connectivity index (χ0v) is 21.2. The average molecular weight is 524 g/mol. The highest BCUT2D eigenvalue weighted by atomic mass is 19.4. The molecule has 3 heterocycles. The Morgan fingerprint density at radius 2 is 1.79 bits per heavy atom. The second-order valence-corrected chi connectivity index (χ2v) is 9.85. The number of hydrogen-bond donors (Lipinski definition) is 0. The van der Waals surface area contributed by atoms with Gasteiger partial charge in [-0.1, -0.05) is 49.3 Å². The minimum atomic E-state index is -4.49. The molecule has 38 heavy (non-hydrogen) atoms. The van der Waals surface area contributed by atoms with Gasteiger partial charge in [0.15, 0.2) is 0 Å². The van der Waals surface area contributed by atoms with Crippen molar-refractivity contribution < 1.29 is 22.5 Å². The van der Waals surface area contributed by atoms with E-state index in [-0.39, 0.29) is 28.8 Å². The normalized spacial score (nSPS) is 14.8. The van der Waals surface area contributed by atoms with Crippen molar-refractivity contribution in [2.45, 2.75) is 32.9 Å². The van der Waals surface area contributed by atoms with Gasteiger partial charge >= 0.3 is 6.18 Å². The topological polar surface area (TPSA) is 75.4 Å². The molecule has 0 bridgehead atoms. The Labute approximate surface area is 218 Å². The number of benzene rings is 2. The quantitative estimate of drug-likeness (QED) is 0.327. The van der Waals surface area contributed by atoms with Gasteiger partial charge in [0, 0.05) is 43.7 Å². The Bertz CT molecular complexity index is 1440. The number of amides is 1. The molecule has 1 fully saturated rings. The number of fused-ring (bicyclic) bond motifs is 1. The van der Waals surface area contributed by atoms with Crippen molar-refractivity contribution in [3.05, 3.63) is 71.5 Å². The lowest BCUT2D eigenvalue weighted by atomic mass is 10.1. The molecule has 7 nitrogen and oxygen atoms in total. The van der Waals surface area contributed by atoms with Crippen LogP contribution in [0.5, 0.6) is 0 Å². The van der Waals surface area contributed by atoms with E-state index in [0.717, 1.165) is 12.1 Å². The molecule has 0 N–H and O–H groups in total. The third-order valence-corrected chi connectivity index (χ3v) is 6.52. The average Bonchev–Trinajstić information content (AvgIpc) is 3.16. The van der Waals surface area contributed by atoms with Gasteiger partial charge in [0.25, 0.3) is 11.6 Å². The first kappa shape index (κ1) is 25.7. The van der Waals surface area contributed by atoms with E-state index in [2.05, 4.69) is 28.9 Å². The second-order valence-electron chi connectivity index (χ2n) is 9.85. The first-order valence-corrected chi connectivity index (χ1v) is 12.6. The van der Waals surface area contributed by atoms with Crippen LogP contribution in [0.15, 0.2) is 59.1 Å². The van der Waals surface area contributed by atoms with Crippen molar-refractivity contribution in [2.75, 3.05) is 31.1 Å². The van der Waals surface area contributed by atoms with Crippen LogP contribution in [0.3, 0.4) is 0 Å². The van der Waals surface area contributed by atoms with Gasteiger partial charge in [0.1, 0.15) is 22.7 Å². The fourth-order valence-electron chi connectivity index (χ4n) is 4.70. The summed E-state index contributed by atoms with van der Waals surface area (Å²) >= 11 is 0. The first-order valence-electron chi connectivity index (χ1n) is 12.6. The second kappa shape index (κ2) is 10.4. The highest BCUT2D eigenvalue weighted by Crippen LogP contribution is 2.37. The number of anilines is 1. The van der Waals surface area contributed by atoms with Crippen molar-refractivity contribution in [1.29, 1.82) is 0 Å². The Morgan fingerprint density at radius 1 is 1.00 bits per heavy atom. The summed E-state index contributed by atoms with van der Waals surface area (Å²) in [5.41, 5.74) is 0.638. The molecule has 10 heteroatoms. The zero-order chi connectivity index (χ0) is 26.9. The summed E-state index contributed by atoms with van der Waals surface area (Å²) in [6.45, 7) is 6.28. The molecule has 0 saturated carbocycles. The summed E-state index contributed by atoms with van der Waals surface area (Å²) in [6, 6.07) is 14.2. The van der Waals surface area contributed by atoms with Crippen LogP contribution in [0.4, 0.5) is 19.0 Å². The molecule has 5 rings (SSSR count). The zero-order valence-electron chi connectivity index (χ0n) is 21.2. The molecule has 4 aromatic rings. The van der Waals surface area contributed by atoms with E-state index in [1.807, 2.05) is 23.1 Å². The Kier molecular flexibility index (Phi) is 7.05. The maximum Gasteiger partial charge on any atom is 0.416 e. The van der Waals surface area contributed by atoms with Crippen molar-refractivity contribution in [3.63, 3.8) is 0 Å². The minimum Gasteiger partial charge on any atom is -0.354 e. The van der Waals surface area contributed by atoms with Crippen LogP contribution in [0.2, 0.25) is 0 Å². The Balaban J connectivity index is 1.53. The van der Waals surface area contributed by atoms with E-state index < -0.39 is 11.7 Å². The highest BCUT2D eigenvalue weighted by molar-refractivity contribution is 5.98. The number of carbonyl (C=O) groups excluding carboxylic acids is 1. The van der Waals surface area contributed by atoms with Crippen LogP contribution in [-0.2, 0) is 12.6 Å². The van der Waals surface area contributed by atoms with Gasteiger partial charge in [-0.25, -0.2) is 4.98 Å². The van der Waals surface area contributed by atoms with Crippen molar-refractivity contribution >= 4 is 22.8 Å². The number of hydrogen-bond acceptors (Lipinski definition) is 6. The van der Waals surface area contributed by atoms with Gasteiger partial charge in [-0.05, 0) is 36.6 Å². The van der Waals surface area contributed by atoms with Crippen molar-refractivity contribution in [2.24, 2.45) is 5.92 Å². The van der Waals surface area contributed by atoms with E-state index in [1.165, 1.54) is 6.07 Å². The molecule has 0 unspecified atom stereocenters. The number of aromatic nitrogens is 3. The van der Waals surface area contributed by atoms with E-state index in [9.17, 15) is 18.0 Å². The SMILES string of the molecule is CC(C)Cc1nc(N2CCCN(C(=O)c3ccccc3)CC2)c2c(-c3cccc(C(F)(F)F)c3)noc2n1. The number of halogens is 3. The van der Waals surface area contributed by atoms with E-state index in [4.69, 9.17) is 9.51 Å². The summed E-state index contributed by atoms with van der Waals surface area (Å²) in [5.74, 6) is 1.40. The number of carbonyl (C=O) groups is 1. The van der Waals surface area contributed by atoms with Crippen LogP contribution in [0.1, 0.15) is 42.0 Å². The van der Waals surface area contributed by atoms with E-state index >= 15 is 0 Å². The summed E-state index contributed by atoms with van der Waals surface area (Å²) in [5, 5.41) is 4.61. The van der Waals surface area contributed by atoms with Crippen LogP contribution < -0.4 is 4.90 Å². The molecule has 0 aliphatic carbocycles. The fourth-order valence-corrected chi connectivity index (χ4v) is 4.70. The van der Waals surface area contributed by atoms with Gasteiger partial charge in [-0.15, -0.1) is 0 Å². The van der Waals surface area contributed by atoms with E-state index in [1.54, 1.807) is 18.2 Å². The van der Waals surface area contributed by atoms with Crippen LogP contribution in [-0.4, -0.2) is 52.1 Å². The smallest absolute Gasteiger partial charge is 0.354 e. The maximum absolute atomic E-state index is 13.4. The number of nitrogens with zero attached hydrogens (tertiary/aromatic N) is 5. The van der Waals surface area contributed by atoms with Crippen molar-refractivity contribution in [1.82, 2.24) is 20.0 Å². The summed E-state index contributed by atoms with van der Waals surface area (Å²) in [6.07, 6.45) is -3.18. The van der Waals surface area contributed by atoms with Crippen LogP contribution >= 0.6 is 0 Å². The lowest BCUT2D eigenvalue weighted by Crippen LogP contribution is -2.35. The molecule has 2 aromatic heterocycles. The largest absolute Gasteiger partial charge is 0.416 e. The molecule has 1 aliphatic heterocycles. The van der Waals surface area contributed by atoms with Gasteiger partial charge in [0.2, 0.25) is 0 Å². The Morgan fingerprint density at radius 3 is 2.53 bits per heavy atom. The third kappa shape index (κ3) is 5.34. The minimum absolute atomic E-state index is 0.0320. The molecular weight excluding hydrogens is 495 g/mol. The molecule has 198 valence electrons. The predicted octanol–water partition coefficient (Wildman–Crippen LogP) is 5.85. The van der Waals surface area contributed by atoms with Crippen LogP contribution in [0.25, 0.3) is 22.4 Å². The van der Waals surface area contributed by atoms with E-state index in [0.29, 0.717) is 61.6 Å². The maximum atomic E-state index is 13.4. The van der Waals surface area contributed by atoms with Gasteiger partial charge in [0.05, 0.1) is 5.56 Å². The molecule has 1 saturated heterocycles. The molecule has 1 aliphatic rings. The number of alkyl halides is 3. The lowest BCUT2D eigenvalue weighted by Gasteiger charge is -2.24. The van der Waals surface area contributed by atoms with Gasteiger partial charge in [-0.2, -0.15) is 18.2 Å². The molecule has 0 radical (unpaired) electrons. The first-order chi connectivity index (χ1) is 18.2. The molecule has 0 atom stereocenters. The molecule has 0 spiro atoms. The molecular formula is C28H28F3N5O2. The van der Waals surface area contributed by atoms with Crippen LogP contribution in [0, 0.1) is 5.92 Å². The monoisotopic (exact) mass is 523 g/mol. The standard InChI is InChI=1S/C28H28F3N5O2/c1-18(2)16-22-32-25(35-12-7-13-36(15-14-35)27(37)19-8-4-3-5-9-19)23-24(34-38-26(23)33-22)20-10-6-11-21(17-20)28(29,30)31/h3-6,8-11,17-18H,7,12-16H2,1-2H3. The number of rotatable bonds is 5. The molecule has 2 aromatic carbocycles. The lowest BCUT2D eigenvalue weighted by molar-refractivity contribution is -0.137. The Hall–Kier alpha value is -3.95. The molecule has 1 amide bonds. The van der Waals surface area contributed by atoms with Crippen molar-refractivity contribution in [3.8, 4) is 11.3 Å². The third-order valence-electron chi connectivity index (χ3n) is 6.52. The van der Waals surface area contributed by atoms with Gasteiger partial charge < -0.3 is 14.3 Å². The summed E-state index contributed by atoms with van der Waals surface area (Å²) in [7, 11) is 0. The highest BCUT2D eigenvalue weighted by Gasteiger charge is 2.32.